The Morgan fingerprint density at radius 2 is 1.56 bits per heavy atom. The first kappa shape index (κ1) is 26.5. The van der Waals surface area contributed by atoms with Gasteiger partial charge < -0.3 is 14.5 Å². The summed E-state index contributed by atoms with van der Waals surface area (Å²) < 4.78 is 7.17. The molecule has 0 radical (unpaired) electrons. The van der Waals surface area contributed by atoms with E-state index < -0.39 is 0 Å². The van der Waals surface area contributed by atoms with Gasteiger partial charge in [0.1, 0.15) is 17.4 Å². The van der Waals surface area contributed by atoms with Gasteiger partial charge in [0.2, 0.25) is 5.91 Å². The second-order valence-corrected chi connectivity index (χ2v) is 10.4. The third kappa shape index (κ3) is 5.77. The SMILES string of the molecule is COc1ccc(CC(=O)N2CCCN(c3nc(Cc4ccccc4)nc4c3c(C)nn4-c3ccccc3)CC2)cc1. The molecule has 8 heteroatoms. The number of amides is 1. The minimum Gasteiger partial charge on any atom is -0.497 e. The largest absolute Gasteiger partial charge is 0.497 e. The van der Waals surface area contributed by atoms with Gasteiger partial charge in [-0.25, -0.2) is 14.6 Å². The van der Waals surface area contributed by atoms with E-state index in [0.29, 0.717) is 25.9 Å². The van der Waals surface area contributed by atoms with E-state index in [1.807, 2.05) is 89.3 Å². The molecule has 1 amide bonds. The normalized spacial score (nSPS) is 13.8. The topological polar surface area (TPSA) is 76.4 Å². The van der Waals surface area contributed by atoms with Crippen LogP contribution < -0.4 is 9.64 Å². The van der Waals surface area contributed by atoms with E-state index in [1.54, 1.807) is 7.11 Å². The minimum absolute atomic E-state index is 0.141. The van der Waals surface area contributed by atoms with Crippen molar-refractivity contribution in [2.75, 3.05) is 38.2 Å². The number of aryl methyl sites for hydroxylation is 1. The smallest absolute Gasteiger partial charge is 0.227 e. The Labute approximate surface area is 240 Å². The second kappa shape index (κ2) is 11.8. The maximum Gasteiger partial charge on any atom is 0.227 e. The Bertz CT molecular complexity index is 1630. The number of rotatable bonds is 7. The van der Waals surface area contributed by atoms with Crippen LogP contribution >= 0.6 is 0 Å². The second-order valence-electron chi connectivity index (χ2n) is 10.4. The molecule has 0 atom stereocenters. The van der Waals surface area contributed by atoms with Crippen molar-refractivity contribution in [3.05, 3.63) is 108 Å². The summed E-state index contributed by atoms with van der Waals surface area (Å²) in [7, 11) is 1.65. The van der Waals surface area contributed by atoms with Gasteiger partial charge in [-0.3, -0.25) is 4.79 Å². The summed E-state index contributed by atoms with van der Waals surface area (Å²) in [6.45, 7) is 4.88. The average Bonchev–Trinajstić information content (AvgIpc) is 3.17. The van der Waals surface area contributed by atoms with Crippen molar-refractivity contribution in [3.8, 4) is 11.4 Å². The van der Waals surface area contributed by atoms with Gasteiger partial charge in [0, 0.05) is 32.6 Å². The number of carbonyl (C=O) groups excluding carboxylic acids is 1. The Kier molecular flexibility index (Phi) is 7.63. The number of nitrogens with zero attached hydrogens (tertiary/aromatic N) is 6. The van der Waals surface area contributed by atoms with Crippen LogP contribution in [0.15, 0.2) is 84.9 Å². The quantitative estimate of drug-likeness (QED) is 0.286. The Morgan fingerprint density at radius 1 is 0.829 bits per heavy atom. The summed E-state index contributed by atoms with van der Waals surface area (Å²) >= 11 is 0. The van der Waals surface area contributed by atoms with Gasteiger partial charge in [0.15, 0.2) is 5.65 Å². The van der Waals surface area contributed by atoms with Crippen LogP contribution in [-0.4, -0.2) is 63.8 Å². The van der Waals surface area contributed by atoms with Crippen molar-refractivity contribution >= 4 is 22.8 Å². The van der Waals surface area contributed by atoms with E-state index in [2.05, 4.69) is 17.0 Å². The molecule has 0 spiro atoms. The Morgan fingerprint density at radius 3 is 2.29 bits per heavy atom. The molecule has 0 saturated carbocycles. The zero-order chi connectivity index (χ0) is 28.2. The number of carbonyl (C=O) groups is 1. The van der Waals surface area contributed by atoms with E-state index in [1.165, 1.54) is 0 Å². The van der Waals surface area contributed by atoms with Gasteiger partial charge in [0.25, 0.3) is 0 Å². The van der Waals surface area contributed by atoms with Crippen molar-refractivity contribution in [1.82, 2.24) is 24.6 Å². The van der Waals surface area contributed by atoms with E-state index in [9.17, 15) is 4.79 Å². The van der Waals surface area contributed by atoms with Gasteiger partial charge in [-0.15, -0.1) is 0 Å². The average molecular weight is 547 g/mol. The molecule has 1 saturated heterocycles. The first-order valence-electron chi connectivity index (χ1n) is 14.1. The Balaban J connectivity index is 1.30. The fourth-order valence-electron chi connectivity index (χ4n) is 5.45. The third-order valence-corrected chi connectivity index (χ3v) is 7.60. The molecule has 8 nitrogen and oxygen atoms in total. The number of aromatic nitrogens is 4. The number of hydrogen-bond donors (Lipinski definition) is 0. The molecule has 0 bridgehead atoms. The molecule has 0 unspecified atom stereocenters. The van der Waals surface area contributed by atoms with E-state index in [0.717, 1.165) is 70.4 Å². The highest BCUT2D eigenvalue weighted by Crippen LogP contribution is 2.30. The molecular formula is C33H34N6O2. The van der Waals surface area contributed by atoms with Gasteiger partial charge in [0.05, 0.1) is 30.3 Å². The van der Waals surface area contributed by atoms with Gasteiger partial charge in [-0.2, -0.15) is 5.10 Å². The molecule has 0 N–H and O–H groups in total. The van der Waals surface area contributed by atoms with E-state index >= 15 is 0 Å². The maximum absolute atomic E-state index is 13.2. The van der Waals surface area contributed by atoms with Crippen LogP contribution in [0.3, 0.4) is 0 Å². The van der Waals surface area contributed by atoms with Gasteiger partial charge in [-0.05, 0) is 48.7 Å². The number of hydrogen-bond acceptors (Lipinski definition) is 6. The lowest BCUT2D eigenvalue weighted by molar-refractivity contribution is -0.130. The third-order valence-electron chi connectivity index (χ3n) is 7.60. The number of ether oxygens (including phenoxy) is 1. The fourth-order valence-corrected chi connectivity index (χ4v) is 5.45. The number of benzene rings is 3. The molecule has 6 rings (SSSR count). The van der Waals surface area contributed by atoms with Crippen molar-refractivity contribution in [1.29, 1.82) is 0 Å². The lowest BCUT2D eigenvalue weighted by Crippen LogP contribution is -2.36. The molecule has 208 valence electrons. The fraction of sp³-hybridized carbons (Fsp3) is 0.273. The first-order valence-corrected chi connectivity index (χ1v) is 14.1. The van der Waals surface area contributed by atoms with Gasteiger partial charge >= 0.3 is 0 Å². The summed E-state index contributed by atoms with van der Waals surface area (Å²) in [5.74, 6) is 2.58. The van der Waals surface area contributed by atoms with Crippen LogP contribution in [0, 0.1) is 6.92 Å². The standard InChI is InChI=1S/C33H34N6O2/c1-24-31-32(38-19-9-18-37(20-21-38)30(40)23-26-14-16-28(41-2)17-15-26)34-29(22-25-10-5-3-6-11-25)35-33(31)39(36-24)27-12-7-4-8-13-27/h3-8,10-17H,9,18-23H2,1-2H3. The van der Waals surface area contributed by atoms with Crippen LogP contribution in [0.1, 0.15) is 29.1 Å². The highest BCUT2D eigenvalue weighted by atomic mass is 16.5. The number of para-hydroxylation sites is 1. The summed E-state index contributed by atoms with van der Waals surface area (Å²) in [4.78, 5) is 27.7. The minimum atomic E-state index is 0.141. The maximum atomic E-state index is 13.2. The summed E-state index contributed by atoms with van der Waals surface area (Å²) in [5, 5.41) is 5.87. The van der Waals surface area contributed by atoms with E-state index in [4.69, 9.17) is 19.8 Å². The number of methoxy groups -OCH3 is 1. The van der Waals surface area contributed by atoms with Crippen LogP contribution in [-0.2, 0) is 17.6 Å². The van der Waals surface area contributed by atoms with Crippen LogP contribution in [0.5, 0.6) is 5.75 Å². The number of fused-ring (bicyclic) bond motifs is 1. The molecule has 3 heterocycles. The molecule has 41 heavy (non-hydrogen) atoms. The predicted octanol–water partition coefficient (Wildman–Crippen LogP) is 5.00. The molecule has 1 aliphatic heterocycles. The van der Waals surface area contributed by atoms with Crippen molar-refractivity contribution in [2.45, 2.75) is 26.2 Å². The van der Waals surface area contributed by atoms with Crippen LogP contribution in [0.2, 0.25) is 0 Å². The molecule has 5 aromatic rings. The van der Waals surface area contributed by atoms with Gasteiger partial charge in [-0.1, -0.05) is 60.7 Å². The summed E-state index contributed by atoms with van der Waals surface area (Å²) in [5.41, 5.74) is 4.81. The molecular weight excluding hydrogens is 512 g/mol. The van der Waals surface area contributed by atoms with Crippen molar-refractivity contribution < 1.29 is 9.53 Å². The molecule has 2 aromatic heterocycles. The highest BCUT2D eigenvalue weighted by molar-refractivity contribution is 5.91. The van der Waals surface area contributed by atoms with Crippen LogP contribution in [0.4, 0.5) is 5.82 Å². The lowest BCUT2D eigenvalue weighted by Gasteiger charge is -2.24. The zero-order valence-electron chi connectivity index (χ0n) is 23.5. The van der Waals surface area contributed by atoms with Crippen molar-refractivity contribution in [2.24, 2.45) is 0 Å². The Hall–Kier alpha value is -4.72. The highest BCUT2D eigenvalue weighted by Gasteiger charge is 2.25. The lowest BCUT2D eigenvalue weighted by atomic mass is 10.1. The summed E-state index contributed by atoms with van der Waals surface area (Å²) in [6.07, 6.45) is 1.87. The summed E-state index contributed by atoms with van der Waals surface area (Å²) in [6, 6.07) is 28.1. The van der Waals surface area contributed by atoms with Crippen LogP contribution in [0.25, 0.3) is 16.7 Å². The molecule has 1 aliphatic rings. The van der Waals surface area contributed by atoms with E-state index in [-0.39, 0.29) is 5.91 Å². The number of anilines is 1. The monoisotopic (exact) mass is 546 g/mol. The van der Waals surface area contributed by atoms with Crippen molar-refractivity contribution in [3.63, 3.8) is 0 Å². The molecule has 3 aromatic carbocycles. The molecule has 0 aliphatic carbocycles. The molecule has 1 fully saturated rings. The first-order chi connectivity index (χ1) is 20.1. The zero-order valence-corrected chi connectivity index (χ0v) is 23.5. The predicted molar refractivity (Wildman–Crippen MR) is 161 cm³/mol.